The number of hydrogen-bond donors (Lipinski definition) is 1. The molecule has 0 fully saturated rings. The van der Waals surface area contributed by atoms with E-state index >= 15 is 0 Å². The van der Waals surface area contributed by atoms with Gasteiger partial charge in [0.15, 0.2) is 0 Å². The highest BCUT2D eigenvalue weighted by molar-refractivity contribution is 7.89. The summed E-state index contributed by atoms with van der Waals surface area (Å²) in [7, 11) is -3.45. The Balaban J connectivity index is 2.71. The van der Waals surface area contributed by atoms with Crippen LogP contribution in [0.25, 0.3) is 0 Å². The van der Waals surface area contributed by atoms with Crippen molar-refractivity contribution in [3.05, 3.63) is 42.5 Å². The largest absolute Gasteiger partial charge is 0.241 e. The molecule has 0 amide bonds. The molecule has 0 bridgehead atoms. The summed E-state index contributed by atoms with van der Waals surface area (Å²) in [6.07, 6.45) is 5.69. The van der Waals surface area contributed by atoms with Crippen LogP contribution >= 0.6 is 0 Å². The molecule has 0 saturated heterocycles. The average Bonchev–Trinajstić information content (AvgIpc) is 2.38. The Morgan fingerprint density at radius 1 is 1.26 bits per heavy atom. The van der Waals surface area contributed by atoms with Crippen LogP contribution in [0.5, 0.6) is 0 Å². The molecule has 3 nitrogen and oxygen atoms in total. The molecule has 0 aliphatic rings. The van der Waals surface area contributed by atoms with Crippen molar-refractivity contribution in [2.24, 2.45) is 0 Å². The molecule has 0 aliphatic heterocycles. The molecule has 106 valence electrons. The fourth-order valence-electron chi connectivity index (χ4n) is 1.82. The Bertz CT molecular complexity index is 491. The Labute approximate surface area is 116 Å². The van der Waals surface area contributed by atoms with Gasteiger partial charge in [0.05, 0.1) is 4.90 Å². The zero-order valence-electron chi connectivity index (χ0n) is 11.7. The van der Waals surface area contributed by atoms with Gasteiger partial charge in [-0.3, -0.25) is 0 Å². The van der Waals surface area contributed by atoms with Crippen LogP contribution in [0.4, 0.5) is 0 Å². The Morgan fingerprint density at radius 3 is 2.42 bits per heavy atom. The first-order chi connectivity index (χ1) is 8.99. The van der Waals surface area contributed by atoms with Gasteiger partial charge in [-0.2, -0.15) is 0 Å². The topological polar surface area (TPSA) is 46.2 Å². The van der Waals surface area contributed by atoms with Crippen molar-refractivity contribution < 1.29 is 8.42 Å². The molecule has 1 N–H and O–H groups in total. The normalized spacial score (nSPS) is 13.2. The lowest BCUT2D eigenvalue weighted by atomic mass is 10.1. The van der Waals surface area contributed by atoms with Crippen molar-refractivity contribution >= 4 is 10.0 Å². The second-order valence-corrected chi connectivity index (χ2v) is 6.49. The van der Waals surface area contributed by atoms with Gasteiger partial charge in [0, 0.05) is 6.04 Å². The van der Waals surface area contributed by atoms with Gasteiger partial charge in [0.1, 0.15) is 0 Å². The van der Waals surface area contributed by atoms with E-state index in [9.17, 15) is 8.42 Å². The molecule has 0 radical (unpaired) electrons. The molecule has 1 aromatic carbocycles. The lowest BCUT2D eigenvalue weighted by Crippen LogP contribution is -2.33. The van der Waals surface area contributed by atoms with Gasteiger partial charge in [-0.1, -0.05) is 50.0 Å². The van der Waals surface area contributed by atoms with E-state index in [1.54, 1.807) is 30.3 Å². The fourth-order valence-corrected chi connectivity index (χ4v) is 3.07. The molecule has 0 aliphatic carbocycles. The standard InChI is InChI=1S/C15H23NO2S/c1-4-6-7-8-14(5-2)16-19(17,18)15-11-9-13(3)10-12-15/h5,9-12,14,16H,2,4,6-8H2,1,3H3/t14-/m0/s1. The van der Waals surface area contributed by atoms with Gasteiger partial charge >= 0.3 is 0 Å². The molecule has 4 heteroatoms. The number of rotatable bonds is 8. The SMILES string of the molecule is C=C[C@@H](CCCCC)NS(=O)(=O)c1ccc(C)cc1. The first kappa shape index (κ1) is 15.9. The maximum Gasteiger partial charge on any atom is 0.241 e. The van der Waals surface area contributed by atoms with Crippen molar-refractivity contribution in [2.75, 3.05) is 0 Å². The number of unbranched alkanes of at least 4 members (excludes halogenated alkanes) is 2. The van der Waals surface area contributed by atoms with Gasteiger partial charge in [0.25, 0.3) is 0 Å². The highest BCUT2D eigenvalue weighted by Gasteiger charge is 2.17. The molecule has 0 heterocycles. The summed E-state index contributed by atoms with van der Waals surface area (Å²) in [5, 5.41) is 0. The van der Waals surface area contributed by atoms with Gasteiger partial charge in [-0.15, -0.1) is 6.58 Å². The second-order valence-electron chi connectivity index (χ2n) is 4.77. The number of benzene rings is 1. The minimum Gasteiger partial charge on any atom is -0.207 e. The summed E-state index contributed by atoms with van der Waals surface area (Å²) in [4.78, 5) is 0.306. The molecule has 0 unspecified atom stereocenters. The smallest absolute Gasteiger partial charge is 0.207 e. The van der Waals surface area contributed by atoms with Gasteiger partial charge < -0.3 is 0 Å². The van der Waals surface area contributed by atoms with Crippen LogP contribution < -0.4 is 4.72 Å². The van der Waals surface area contributed by atoms with Gasteiger partial charge in [-0.25, -0.2) is 13.1 Å². The van der Waals surface area contributed by atoms with Crippen molar-refractivity contribution in [3.63, 3.8) is 0 Å². The van der Waals surface area contributed by atoms with Crippen molar-refractivity contribution in [3.8, 4) is 0 Å². The summed E-state index contributed by atoms with van der Waals surface area (Å²) >= 11 is 0. The highest BCUT2D eigenvalue weighted by atomic mass is 32.2. The van der Waals surface area contributed by atoms with Crippen molar-refractivity contribution in [1.82, 2.24) is 4.72 Å². The van der Waals surface area contributed by atoms with Crippen LogP contribution in [0.3, 0.4) is 0 Å². The predicted octanol–water partition coefficient (Wildman–Crippen LogP) is 3.41. The van der Waals surface area contributed by atoms with E-state index in [2.05, 4.69) is 18.2 Å². The van der Waals surface area contributed by atoms with Crippen molar-refractivity contribution in [1.29, 1.82) is 0 Å². The first-order valence-electron chi connectivity index (χ1n) is 6.71. The zero-order valence-corrected chi connectivity index (χ0v) is 12.5. The van der Waals surface area contributed by atoms with Gasteiger partial charge in [-0.05, 0) is 25.5 Å². The molecule has 19 heavy (non-hydrogen) atoms. The molecule has 0 aromatic heterocycles. The number of nitrogens with one attached hydrogen (secondary N) is 1. The predicted molar refractivity (Wildman–Crippen MR) is 79.6 cm³/mol. The summed E-state index contributed by atoms with van der Waals surface area (Å²) in [5.41, 5.74) is 1.04. The van der Waals surface area contributed by atoms with E-state index in [1.165, 1.54) is 0 Å². The molecule has 0 saturated carbocycles. The molecule has 1 atom stereocenters. The second kappa shape index (κ2) is 7.46. The minimum absolute atomic E-state index is 0.196. The zero-order chi connectivity index (χ0) is 14.3. The van der Waals surface area contributed by atoms with Crippen LogP contribution in [-0.4, -0.2) is 14.5 Å². The third kappa shape index (κ3) is 5.17. The Kier molecular flexibility index (Phi) is 6.25. The maximum absolute atomic E-state index is 12.2. The van der Waals surface area contributed by atoms with E-state index < -0.39 is 10.0 Å². The number of hydrogen-bond acceptors (Lipinski definition) is 2. The maximum atomic E-state index is 12.2. The van der Waals surface area contributed by atoms with Crippen LogP contribution in [0, 0.1) is 6.92 Å². The summed E-state index contributed by atoms with van der Waals surface area (Å²) < 4.78 is 27.1. The Hall–Kier alpha value is -1.13. The van der Waals surface area contributed by atoms with Crippen LogP contribution in [0.2, 0.25) is 0 Å². The summed E-state index contributed by atoms with van der Waals surface area (Å²) in [5.74, 6) is 0. The summed E-state index contributed by atoms with van der Waals surface area (Å²) in [6, 6.07) is 6.66. The van der Waals surface area contributed by atoms with E-state index in [4.69, 9.17) is 0 Å². The monoisotopic (exact) mass is 281 g/mol. The quantitative estimate of drug-likeness (QED) is 0.586. The molecule has 1 rings (SSSR count). The van der Waals surface area contributed by atoms with Crippen LogP contribution in [0.1, 0.15) is 38.2 Å². The number of sulfonamides is 1. The molecule has 0 spiro atoms. The third-order valence-corrected chi connectivity index (χ3v) is 4.55. The van der Waals surface area contributed by atoms with E-state index in [1.807, 2.05) is 6.92 Å². The third-order valence-electron chi connectivity index (χ3n) is 3.04. The fraction of sp³-hybridized carbons (Fsp3) is 0.467. The summed E-state index contributed by atoms with van der Waals surface area (Å²) in [6.45, 7) is 7.76. The van der Waals surface area contributed by atoms with E-state index in [0.717, 1.165) is 31.2 Å². The minimum atomic E-state index is -3.45. The first-order valence-corrected chi connectivity index (χ1v) is 8.19. The van der Waals surface area contributed by atoms with Crippen LogP contribution in [0.15, 0.2) is 41.8 Å². The van der Waals surface area contributed by atoms with E-state index in [0.29, 0.717) is 4.90 Å². The molecular weight excluding hydrogens is 258 g/mol. The van der Waals surface area contributed by atoms with E-state index in [-0.39, 0.29) is 6.04 Å². The lowest BCUT2D eigenvalue weighted by molar-refractivity contribution is 0.548. The Morgan fingerprint density at radius 2 is 1.89 bits per heavy atom. The molecular formula is C15H23NO2S. The van der Waals surface area contributed by atoms with Crippen molar-refractivity contribution in [2.45, 2.75) is 50.5 Å². The van der Waals surface area contributed by atoms with Gasteiger partial charge in [0.2, 0.25) is 10.0 Å². The molecule has 1 aromatic rings. The number of aryl methyl sites for hydroxylation is 1. The lowest BCUT2D eigenvalue weighted by Gasteiger charge is -2.15. The highest BCUT2D eigenvalue weighted by Crippen LogP contribution is 2.12. The average molecular weight is 281 g/mol. The van der Waals surface area contributed by atoms with Crippen LogP contribution in [-0.2, 0) is 10.0 Å².